The van der Waals surface area contributed by atoms with Crippen LogP contribution >= 0.6 is 0 Å². The Labute approximate surface area is 203 Å². The number of carbonyl (C=O) groups excluding carboxylic acids is 2. The molecule has 0 radical (unpaired) electrons. The molecule has 0 bridgehead atoms. The maximum Gasteiger partial charge on any atom is 0.343 e. The number of ether oxygens (including phenoxy) is 2. The molecule has 176 valence electrons. The van der Waals surface area contributed by atoms with Crippen LogP contribution in [0.4, 0.5) is 0 Å². The highest BCUT2D eigenvalue weighted by Crippen LogP contribution is 2.29. The van der Waals surface area contributed by atoms with Crippen LogP contribution in [-0.2, 0) is 0 Å². The minimum Gasteiger partial charge on any atom is -0.493 e. The van der Waals surface area contributed by atoms with E-state index in [-0.39, 0.29) is 5.91 Å². The lowest BCUT2D eigenvalue weighted by molar-refractivity contribution is 0.0729. The molecule has 0 saturated heterocycles. The van der Waals surface area contributed by atoms with Crippen molar-refractivity contribution in [1.82, 2.24) is 9.99 Å². The minimum absolute atomic E-state index is 0.294. The molecule has 0 spiro atoms. The summed E-state index contributed by atoms with van der Waals surface area (Å²) < 4.78 is 12.9. The molecule has 0 aliphatic rings. The van der Waals surface area contributed by atoms with E-state index in [0.29, 0.717) is 33.9 Å². The van der Waals surface area contributed by atoms with Crippen molar-refractivity contribution in [1.29, 1.82) is 0 Å². The lowest BCUT2D eigenvalue weighted by atomic mass is 10.1. The SMILES string of the molecule is COc1cc(/C(C)=N/NC(=O)c2ccc(-n3cccc3)cc2)ccc1OC(=O)c1cccc(C)c1. The van der Waals surface area contributed by atoms with Gasteiger partial charge >= 0.3 is 5.97 Å². The van der Waals surface area contributed by atoms with Crippen LogP contribution < -0.4 is 14.9 Å². The normalized spacial score (nSPS) is 11.1. The average molecular weight is 468 g/mol. The quantitative estimate of drug-likeness (QED) is 0.176. The molecule has 0 fully saturated rings. The number of carbonyl (C=O) groups is 2. The van der Waals surface area contributed by atoms with E-state index in [9.17, 15) is 9.59 Å². The Balaban J connectivity index is 1.44. The third kappa shape index (κ3) is 5.65. The van der Waals surface area contributed by atoms with Crippen LogP contribution in [0, 0.1) is 6.92 Å². The van der Waals surface area contributed by atoms with Crippen LogP contribution in [0.25, 0.3) is 5.69 Å². The van der Waals surface area contributed by atoms with E-state index < -0.39 is 5.97 Å². The van der Waals surface area contributed by atoms with Gasteiger partial charge in [-0.05, 0) is 80.6 Å². The fraction of sp³-hybridized carbons (Fsp3) is 0.107. The number of esters is 1. The van der Waals surface area contributed by atoms with Crippen molar-refractivity contribution in [2.45, 2.75) is 13.8 Å². The van der Waals surface area contributed by atoms with Crippen LogP contribution in [-0.4, -0.2) is 29.3 Å². The highest BCUT2D eigenvalue weighted by molar-refractivity contribution is 6.01. The average Bonchev–Trinajstić information content (AvgIpc) is 3.42. The third-order valence-electron chi connectivity index (χ3n) is 5.40. The predicted octanol–water partition coefficient (Wildman–Crippen LogP) is 5.17. The van der Waals surface area contributed by atoms with E-state index in [2.05, 4.69) is 10.5 Å². The maximum absolute atomic E-state index is 12.5. The number of hydrogen-bond acceptors (Lipinski definition) is 5. The Morgan fingerprint density at radius 2 is 1.54 bits per heavy atom. The zero-order valence-corrected chi connectivity index (χ0v) is 19.7. The highest BCUT2D eigenvalue weighted by Gasteiger charge is 2.14. The summed E-state index contributed by atoms with van der Waals surface area (Å²) in [6.07, 6.45) is 3.87. The second-order valence-corrected chi connectivity index (χ2v) is 7.90. The summed E-state index contributed by atoms with van der Waals surface area (Å²) in [7, 11) is 1.49. The molecule has 35 heavy (non-hydrogen) atoms. The number of rotatable bonds is 7. The van der Waals surface area contributed by atoms with Crippen molar-refractivity contribution in [3.8, 4) is 17.2 Å². The number of benzene rings is 3. The number of methoxy groups -OCH3 is 1. The molecule has 4 aromatic rings. The molecule has 3 aromatic carbocycles. The van der Waals surface area contributed by atoms with Crippen LogP contribution in [0.15, 0.2) is 96.4 Å². The number of aryl methyl sites for hydroxylation is 1. The van der Waals surface area contributed by atoms with Crippen molar-refractivity contribution in [3.63, 3.8) is 0 Å². The Kier molecular flexibility index (Phi) is 7.07. The Hall–Kier alpha value is -4.65. The van der Waals surface area contributed by atoms with E-state index in [1.54, 1.807) is 55.5 Å². The zero-order chi connectivity index (χ0) is 24.8. The van der Waals surface area contributed by atoms with Crippen molar-refractivity contribution in [3.05, 3.63) is 114 Å². The molecule has 7 heteroatoms. The van der Waals surface area contributed by atoms with E-state index >= 15 is 0 Å². The van der Waals surface area contributed by atoms with Gasteiger partial charge < -0.3 is 14.0 Å². The van der Waals surface area contributed by atoms with Crippen LogP contribution in [0.5, 0.6) is 11.5 Å². The molecular formula is C28H25N3O4. The van der Waals surface area contributed by atoms with Gasteiger partial charge in [-0.3, -0.25) is 4.79 Å². The summed E-state index contributed by atoms with van der Waals surface area (Å²) in [5, 5.41) is 4.21. The van der Waals surface area contributed by atoms with Crippen molar-refractivity contribution in [2.75, 3.05) is 7.11 Å². The Morgan fingerprint density at radius 1 is 0.829 bits per heavy atom. The minimum atomic E-state index is -0.472. The molecule has 0 aliphatic heterocycles. The molecule has 0 aliphatic carbocycles. The Bertz CT molecular complexity index is 1370. The molecule has 0 atom stereocenters. The smallest absolute Gasteiger partial charge is 0.343 e. The van der Waals surface area contributed by atoms with Gasteiger partial charge in [-0.2, -0.15) is 5.10 Å². The fourth-order valence-corrected chi connectivity index (χ4v) is 3.46. The second kappa shape index (κ2) is 10.5. The van der Waals surface area contributed by atoms with E-state index in [1.807, 2.05) is 54.2 Å². The van der Waals surface area contributed by atoms with Gasteiger partial charge in [0.2, 0.25) is 0 Å². The van der Waals surface area contributed by atoms with Gasteiger partial charge in [0, 0.05) is 29.2 Å². The first-order valence-electron chi connectivity index (χ1n) is 11.0. The first-order valence-corrected chi connectivity index (χ1v) is 11.0. The lowest BCUT2D eigenvalue weighted by Gasteiger charge is -2.11. The fourth-order valence-electron chi connectivity index (χ4n) is 3.46. The summed E-state index contributed by atoms with van der Waals surface area (Å²) >= 11 is 0. The van der Waals surface area contributed by atoms with Gasteiger partial charge in [-0.1, -0.05) is 17.7 Å². The van der Waals surface area contributed by atoms with Gasteiger partial charge in [-0.25, -0.2) is 10.2 Å². The molecule has 1 heterocycles. The molecule has 7 nitrogen and oxygen atoms in total. The highest BCUT2D eigenvalue weighted by atomic mass is 16.6. The molecule has 4 rings (SSSR count). The topological polar surface area (TPSA) is 81.9 Å². The monoisotopic (exact) mass is 467 g/mol. The maximum atomic E-state index is 12.5. The van der Waals surface area contributed by atoms with Crippen LogP contribution in [0.1, 0.15) is 38.8 Å². The van der Waals surface area contributed by atoms with Gasteiger partial charge in [0.15, 0.2) is 11.5 Å². The van der Waals surface area contributed by atoms with Crippen LogP contribution in [0.3, 0.4) is 0 Å². The number of nitrogens with one attached hydrogen (secondary N) is 1. The first kappa shape index (κ1) is 23.5. The van der Waals surface area contributed by atoms with Crippen molar-refractivity contribution >= 4 is 17.6 Å². The number of hydrazone groups is 1. The summed E-state index contributed by atoms with van der Waals surface area (Å²) in [5.41, 5.74) is 6.73. The summed E-state index contributed by atoms with van der Waals surface area (Å²) in [6, 6.07) is 23.4. The first-order chi connectivity index (χ1) is 16.9. The largest absolute Gasteiger partial charge is 0.493 e. The lowest BCUT2D eigenvalue weighted by Crippen LogP contribution is -2.19. The summed E-state index contributed by atoms with van der Waals surface area (Å²) in [6.45, 7) is 3.68. The van der Waals surface area contributed by atoms with Crippen molar-refractivity contribution in [2.24, 2.45) is 5.10 Å². The summed E-state index contributed by atoms with van der Waals surface area (Å²) in [4.78, 5) is 25.0. The van der Waals surface area contributed by atoms with Gasteiger partial charge in [0.1, 0.15) is 0 Å². The van der Waals surface area contributed by atoms with Gasteiger partial charge in [0.05, 0.1) is 18.4 Å². The number of hydrogen-bond donors (Lipinski definition) is 1. The molecule has 1 aromatic heterocycles. The standard InChI is InChI=1S/C28H25N3O4/c1-19-7-6-8-23(17-19)28(33)35-25-14-11-22(18-26(25)34-3)20(2)29-30-27(32)21-9-12-24(13-10-21)31-15-4-5-16-31/h4-18H,1-3H3,(H,30,32)/b29-20+. The second-order valence-electron chi connectivity index (χ2n) is 7.90. The number of amides is 1. The zero-order valence-electron chi connectivity index (χ0n) is 19.7. The molecule has 1 amide bonds. The molecular weight excluding hydrogens is 442 g/mol. The third-order valence-corrected chi connectivity index (χ3v) is 5.40. The van der Waals surface area contributed by atoms with Crippen LogP contribution in [0.2, 0.25) is 0 Å². The molecule has 0 unspecified atom stereocenters. The van der Waals surface area contributed by atoms with Crippen molar-refractivity contribution < 1.29 is 19.1 Å². The number of aromatic nitrogens is 1. The predicted molar refractivity (Wildman–Crippen MR) is 135 cm³/mol. The summed E-state index contributed by atoms with van der Waals surface area (Å²) in [5.74, 6) is -0.119. The molecule has 1 N–H and O–H groups in total. The number of nitrogens with zero attached hydrogens (tertiary/aromatic N) is 2. The van der Waals surface area contributed by atoms with E-state index in [4.69, 9.17) is 9.47 Å². The molecule has 0 saturated carbocycles. The van der Waals surface area contributed by atoms with E-state index in [0.717, 1.165) is 11.3 Å². The Morgan fingerprint density at radius 3 is 2.23 bits per heavy atom. The van der Waals surface area contributed by atoms with Gasteiger partial charge in [-0.15, -0.1) is 0 Å². The van der Waals surface area contributed by atoms with E-state index in [1.165, 1.54) is 7.11 Å². The van der Waals surface area contributed by atoms with Gasteiger partial charge in [0.25, 0.3) is 5.91 Å².